The van der Waals surface area contributed by atoms with Crippen LogP contribution in [0.1, 0.15) is 45.7 Å². The van der Waals surface area contributed by atoms with Crippen LogP contribution in [0.2, 0.25) is 0 Å². The maximum atomic E-state index is 12.9. The van der Waals surface area contributed by atoms with Gasteiger partial charge in [-0.2, -0.15) is 13.2 Å². The lowest BCUT2D eigenvalue weighted by Crippen LogP contribution is -2.49. The van der Waals surface area contributed by atoms with Crippen LogP contribution in [-0.4, -0.2) is 46.9 Å². The maximum Gasteiger partial charge on any atom is 0.416 e. The van der Waals surface area contributed by atoms with E-state index in [1.54, 1.807) is 16.7 Å². The molecule has 31 heavy (non-hydrogen) atoms. The first-order valence-electron chi connectivity index (χ1n) is 9.98. The number of anilines is 1. The lowest BCUT2D eigenvalue weighted by Gasteiger charge is -2.35. The van der Waals surface area contributed by atoms with Crippen LogP contribution in [0.5, 0.6) is 0 Å². The molecule has 0 N–H and O–H groups in total. The molecule has 0 unspecified atom stereocenters. The summed E-state index contributed by atoms with van der Waals surface area (Å²) in [6.07, 6.45) is -1.78. The summed E-state index contributed by atoms with van der Waals surface area (Å²) in [5.74, 6) is -0.126. The number of carbonyl (C=O) groups excluding carboxylic acids is 1. The molecule has 1 aliphatic rings. The number of benzene rings is 1. The topological polar surface area (TPSA) is 79.6 Å². The number of nitrogens with zero attached hydrogens (tertiary/aromatic N) is 4. The number of unbranched alkanes of at least 4 members (excludes halogenated alkanes) is 1. The largest absolute Gasteiger partial charge is 0.416 e. The van der Waals surface area contributed by atoms with Crippen LogP contribution >= 0.6 is 11.3 Å². The first kappa shape index (κ1) is 23.0. The highest BCUT2D eigenvalue weighted by Gasteiger charge is 2.34. The van der Waals surface area contributed by atoms with E-state index in [1.807, 2.05) is 0 Å². The van der Waals surface area contributed by atoms with E-state index in [0.717, 1.165) is 36.4 Å². The van der Waals surface area contributed by atoms with Crippen LogP contribution in [0.3, 0.4) is 0 Å². The lowest BCUT2D eigenvalue weighted by atomic mass is 10.1. The van der Waals surface area contributed by atoms with E-state index in [2.05, 4.69) is 11.9 Å². The van der Waals surface area contributed by atoms with E-state index < -0.39 is 22.4 Å². The third-order valence-electron chi connectivity index (χ3n) is 5.19. The highest BCUT2D eigenvalue weighted by Crippen LogP contribution is 2.37. The average molecular weight is 456 g/mol. The van der Waals surface area contributed by atoms with E-state index in [0.29, 0.717) is 42.8 Å². The van der Waals surface area contributed by atoms with E-state index in [9.17, 15) is 28.1 Å². The second-order valence-electron chi connectivity index (χ2n) is 7.36. The molecule has 1 fully saturated rings. The summed E-state index contributed by atoms with van der Waals surface area (Å²) in [7, 11) is 0. The number of halogens is 3. The number of rotatable bonds is 6. The number of hydrogen-bond acceptors (Lipinski definition) is 6. The Bertz CT molecular complexity index is 969. The Balaban J connectivity index is 1.72. The van der Waals surface area contributed by atoms with Gasteiger partial charge in [0.25, 0.3) is 11.6 Å². The van der Waals surface area contributed by atoms with Gasteiger partial charge in [-0.25, -0.2) is 4.98 Å². The fraction of sp³-hybridized carbons (Fsp3) is 0.500. The summed E-state index contributed by atoms with van der Waals surface area (Å²) < 4.78 is 38.8. The molecule has 1 aliphatic heterocycles. The number of aryl methyl sites for hydroxylation is 2. The number of carbonyl (C=O) groups is 1. The predicted octanol–water partition coefficient (Wildman–Crippen LogP) is 4.68. The number of aromatic nitrogens is 1. The van der Waals surface area contributed by atoms with Crippen LogP contribution in [-0.2, 0) is 12.6 Å². The number of thiazole rings is 1. The smallest absolute Gasteiger partial charge is 0.362 e. The van der Waals surface area contributed by atoms with Gasteiger partial charge in [-0.15, -0.1) is 11.3 Å². The standard InChI is InChI=1S/C20H23F3N4O3S/c1-3-4-5-17-24-13(2)18(31-17)19(28)26-10-8-25(9-11-26)15-7-6-14(20(21,22)23)12-16(15)27(29)30/h6-7,12H,3-5,8-11H2,1-2H3. The fourth-order valence-electron chi connectivity index (χ4n) is 3.49. The molecule has 2 heterocycles. The Kier molecular flexibility index (Phi) is 6.83. The monoisotopic (exact) mass is 456 g/mol. The van der Waals surface area contributed by atoms with Gasteiger partial charge in [-0.3, -0.25) is 14.9 Å². The molecule has 0 spiro atoms. The number of nitro benzene ring substituents is 1. The van der Waals surface area contributed by atoms with Gasteiger partial charge in [-0.05, 0) is 31.9 Å². The van der Waals surface area contributed by atoms with Gasteiger partial charge < -0.3 is 9.80 Å². The molecule has 1 aromatic heterocycles. The molecule has 0 saturated carbocycles. The van der Waals surface area contributed by atoms with Crippen molar-refractivity contribution in [1.29, 1.82) is 0 Å². The molecule has 2 aromatic rings. The highest BCUT2D eigenvalue weighted by molar-refractivity contribution is 7.13. The maximum absolute atomic E-state index is 12.9. The summed E-state index contributed by atoms with van der Waals surface area (Å²) in [4.78, 5) is 31.9. The van der Waals surface area contributed by atoms with Crippen molar-refractivity contribution in [3.05, 3.63) is 49.5 Å². The summed E-state index contributed by atoms with van der Waals surface area (Å²) in [6, 6.07) is 2.54. The summed E-state index contributed by atoms with van der Waals surface area (Å²) in [6.45, 7) is 5.11. The zero-order valence-corrected chi connectivity index (χ0v) is 18.1. The minimum Gasteiger partial charge on any atom is -0.362 e. The van der Waals surface area contributed by atoms with Crippen LogP contribution in [0.4, 0.5) is 24.5 Å². The molecule has 7 nitrogen and oxygen atoms in total. The van der Waals surface area contributed by atoms with Gasteiger partial charge >= 0.3 is 6.18 Å². The Morgan fingerprint density at radius 3 is 2.52 bits per heavy atom. The molecule has 0 atom stereocenters. The summed E-state index contributed by atoms with van der Waals surface area (Å²) >= 11 is 1.40. The molecular formula is C20H23F3N4O3S. The van der Waals surface area contributed by atoms with E-state index in [1.165, 1.54) is 11.3 Å². The number of alkyl halides is 3. The third-order valence-corrected chi connectivity index (χ3v) is 6.39. The van der Waals surface area contributed by atoms with Crippen LogP contribution in [0.15, 0.2) is 18.2 Å². The van der Waals surface area contributed by atoms with Crippen molar-refractivity contribution >= 4 is 28.6 Å². The molecule has 1 saturated heterocycles. The number of amides is 1. The predicted molar refractivity (Wildman–Crippen MR) is 112 cm³/mol. The molecule has 1 amide bonds. The van der Waals surface area contributed by atoms with Gasteiger partial charge in [-0.1, -0.05) is 13.3 Å². The van der Waals surface area contributed by atoms with Crippen molar-refractivity contribution < 1.29 is 22.9 Å². The second-order valence-corrected chi connectivity index (χ2v) is 8.45. The van der Waals surface area contributed by atoms with Gasteiger partial charge in [0.05, 0.1) is 21.2 Å². The normalized spacial score (nSPS) is 14.7. The minimum atomic E-state index is -4.66. The molecule has 11 heteroatoms. The van der Waals surface area contributed by atoms with Crippen LogP contribution < -0.4 is 4.90 Å². The molecule has 0 bridgehead atoms. The van der Waals surface area contributed by atoms with Crippen LogP contribution in [0.25, 0.3) is 0 Å². The Morgan fingerprint density at radius 1 is 1.26 bits per heavy atom. The minimum absolute atomic E-state index is 0.126. The average Bonchev–Trinajstić information content (AvgIpc) is 3.11. The van der Waals surface area contributed by atoms with E-state index in [-0.39, 0.29) is 11.6 Å². The van der Waals surface area contributed by atoms with Crippen molar-refractivity contribution in [3.63, 3.8) is 0 Å². The van der Waals surface area contributed by atoms with Gasteiger partial charge in [0.1, 0.15) is 10.6 Å². The first-order valence-corrected chi connectivity index (χ1v) is 10.8. The van der Waals surface area contributed by atoms with E-state index in [4.69, 9.17) is 0 Å². The van der Waals surface area contributed by atoms with Crippen molar-refractivity contribution in [1.82, 2.24) is 9.88 Å². The second kappa shape index (κ2) is 9.21. The SMILES string of the molecule is CCCCc1nc(C)c(C(=O)N2CCN(c3ccc(C(F)(F)F)cc3[N+](=O)[O-])CC2)s1. The third kappa shape index (κ3) is 5.15. The number of piperazine rings is 1. The quantitative estimate of drug-likeness (QED) is 0.466. The highest BCUT2D eigenvalue weighted by atomic mass is 32.1. The summed E-state index contributed by atoms with van der Waals surface area (Å²) in [5, 5.41) is 12.3. The Morgan fingerprint density at radius 2 is 1.94 bits per heavy atom. The molecule has 3 rings (SSSR count). The summed E-state index contributed by atoms with van der Waals surface area (Å²) in [5.41, 5.74) is -0.826. The number of hydrogen-bond donors (Lipinski definition) is 0. The molecule has 168 valence electrons. The molecule has 0 radical (unpaired) electrons. The van der Waals surface area contributed by atoms with Crippen molar-refractivity contribution in [2.45, 2.75) is 39.3 Å². The fourth-order valence-corrected chi connectivity index (χ4v) is 4.57. The van der Waals surface area contributed by atoms with Gasteiger partial charge in [0.15, 0.2) is 0 Å². The number of nitro groups is 1. The van der Waals surface area contributed by atoms with Crippen molar-refractivity contribution in [2.75, 3.05) is 31.1 Å². The first-order chi connectivity index (χ1) is 14.6. The Hall–Kier alpha value is -2.69. The van der Waals surface area contributed by atoms with Crippen LogP contribution in [0, 0.1) is 17.0 Å². The molecule has 0 aliphatic carbocycles. The molecular weight excluding hydrogens is 433 g/mol. The Labute approximate surface area is 181 Å². The molecule has 1 aromatic carbocycles. The van der Waals surface area contributed by atoms with Gasteiger partial charge in [0, 0.05) is 32.2 Å². The lowest BCUT2D eigenvalue weighted by molar-refractivity contribution is -0.384. The zero-order valence-electron chi connectivity index (χ0n) is 17.2. The van der Waals surface area contributed by atoms with E-state index >= 15 is 0 Å². The van der Waals surface area contributed by atoms with Crippen molar-refractivity contribution in [2.24, 2.45) is 0 Å². The van der Waals surface area contributed by atoms with Crippen molar-refractivity contribution in [3.8, 4) is 0 Å². The van der Waals surface area contributed by atoms with Gasteiger partial charge in [0.2, 0.25) is 0 Å². The zero-order chi connectivity index (χ0) is 22.8.